The van der Waals surface area contributed by atoms with Crippen LogP contribution >= 0.6 is 0 Å². The zero-order valence-corrected chi connectivity index (χ0v) is 13.3. The van der Waals surface area contributed by atoms with E-state index in [-0.39, 0.29) is 17.7 Å². The third-order valence-corrected chi connectivity index (χ3v) is 4.14. The molecular formula is C18H25NO2. The van der Waals surface area contributed by atoms with Crippen molar-refractivity contribution in [2.75, 3.05) is 6.54 Å². The first-order valence-corrected chi connectivity index (χ1v) is 7.91. The lowest BCUT2D eigenvalue weighted by Crippen LogP contribution is -2.47. The molecule has 21 heavy (non-hydrogen) atoms. The van der Waals surface area contributed by atoms with E-state index in [1.165, 1.54) is 0 Å². The van der Waals surface area contributed by atoms with Gasteiger partial charge in [-0.2, -0.15) is 0 Å². The van der Waals surface area contributed by atoms with Crippen molar-refractivity contribution < 1.29 is 9.59 Å². The summed E-state index contributed by atoms with van der Waals surface area (Å²) in [4.78, 5) is 26.8. The van der Waals surface area contributed by atoms with Crippen LogP contribution in [0.3, 0.4) is 0 Å². The van der Waals surface area contributed by atoms with Crippen LogP contribution in [0.5, 0.6) is 0 Å². The minimum Gasteiger partial charge on any atom is -0.333 e. The SMILES string of the molecule is Cc1ccc(C(=O)C(=O)N2CCCCC2CC(C)C)cc1. The number of amides is 1. The average molecular weight is 287 g/mol. The lowest BCUT2D eigenvalue weighted by atomic mass is 9.93. The molecule has 2 rings (SSSR count). The molecule has 0 spiro atoms. The van der Waals surface area contributed by atoms with Gasteiger partial charge in [0.25, 0.3) is 5.91 Å². The van der Waals surface area contributed by atoms with Gasteiger partial charge in [-0.05, 0) is 38.5 Å². The lowest BCUT2D eigenvalue weighted by molar-refractivity contribution is -0.130. The van der Waals surface area contributed by atoms with Crippen LogP contribution in [-0.4, -0.2) is 29.2 Å². The van der Waals surface area contributed by atoms with E-state index in [2.05, 4.69) is 13.8 Å². The first kappa shape index (κ1) is 15.7. The summed E-state index contributed by atoms with van der Waals surface area (Å²) in [5, 5.41) is 0. The molecular weight excluding hydrogens is 262 g/mol. The highest BCUT2D eigenvalue weighted by Gasteiger charge is 2.31. The van der Waals surface area contributed by atoms with Crippen molar-refractivity contribution in [2.24, 2.45) is 5.92 Å². The molecule has 1 aromatic rings. The Morgan fingerprint density at radius 2 is 1.86 bits per heavy atom. The number of Topliss-reactive ketones (excluding diaryl/α,β-unsaturated/α-hetero) is 1. The number of piperidine rings is 1. The molecule has 1 aromatic carbocycles. The predicted molar refractivity (Wildman–Crippen MR) is 84.3 cm³/mol. The van der Waals surface area contributed by atoms with Crippen LogP contribution < -0.4 is 0 Å². The van der Waals surface area contributed by atoms with E-state index in [1.807, 2.05) is 24.0 Å². The van der Waals surface area contributed by atoms with Gasteiger partial charge < -0.3 is 4.90 Å². The van der Waals surface area contributed by atoms with Crippen LogP contribution in [0.15, 0.2) is 24.3 Å². The molecule has 1 amide bonds. The molecule has 1 aliphatic rings. The van der Waals surface area contributed by atoms with Gasteiger partial charge in [0.2, 0.25) is 5.78 Å². The number of rotatable bonds is 4. The summed E-state index contributed by atoms with van der Waals surface area (Å²) in [5.74, 6) is -0.160. The van der Waals surface area contributed by atoms with Gasteiger partial charge >= 0.3 is 0 Å². The number of benzene rings is 1. The van der Waals surface area contributed by atoms with E-state index in [9.17, 15) is 9.59 Å². The fraction of sp³-hybridized carbons (Fsp3) is 0.556. The van der Waals surface area contributed by atoms with Crippen LogP contribution in [0, 0.1) is 12.8 Å². The Kier molecular flexibility index (Phi) is 5.16. The number of aryl methyl sites for hydroxylation is 1. The van der Waals surface area contributed by atoms with Crippen molar-refractivity contribution in [2.45, 2.75) is 52.5 Å². The van der Waals surface area contributed by atoms with Gasteiger partial charge in [0, 0.05) is 18.2 Å². The Labute approximate surface area is 127 Å². The van der Waals surface area contributed by atoms with Crippen LogP contribution in [0.4, 0.5) is 0 Å². The van der Waals surface area contributed by atoms with E-state index in [1.54, 1.807) is 12.1 Å². The molecule has 0 radical (unpaired) electrons. The number of nitrogens with zero attached hydrogens (tertiary/aromatic N) is 1. The summed E-state index contributed by atoms with van der Waals surface area (Å²) in [7, 11) is 0. The van der Waals surface area contributed by atoms with Gasteiger partial charge in [0.05, 0.1) is 0 Å². The van der Waals surface area contributed by atoms with Crippen molar-refractivity contribution in [1.82, 2.24) is 4.90 Å². The number of carbonyl (C=O) groups is 2. The van der Waals surface area contributed by atoms with Gasteiger partial charge in [0.1, 0.15) is 0 Å². The predicted octanol–water partition coefficient (Wildman–Crippen LogP) is 3.60. The summed E-state index contributed by atoms with van der Waals surface area (Å²) >= 11 is 0. The van der Waals surface area contributed by atoms with Crippen molar-refractivity contribution in [3.05, 3.63) is 35.4 Å². The maximum absolute atomic E-state index is 12.6. The topological polar surface area (TPSA) is 37.4 Å². The Balaban J connectivity index is 2.12. The minimum absolute atomic E-state index is 0.223. The standard InChI is InChI=1S/C18H25NO2/c1-13(2)12-16-6-4-5-11-19(16)18(21)17(20)15-9-7-14(3)8-10-15/h7-10,13,16H,4-6,11-12H2,1-3H3. The third kappa shape index (κ3) is 3.93. The van der Waals surface area contributed by atoms with E-state index in [4.69, 9.17) is 0 Å². The summed E-state index contributed by atoms with van der Waals surface area (Å²) in [6.07, 6.45) is 4.15. The van der Waals surface area contributed by atoms with Crippen molar-refractivity contribution in [1.29, 1.82) is 0 Å². The number of ketones is 1. The molecule has 0 saturated carbocycles. The first-order valence-electron chi connectivity index (χ1n) is 7.91. The quantitative estimate of drug-likeness (QED) is 0.626. The molecule has 0 aliphatic carbocycles. The highest BCUT2D eigenvalue weighted by Crippen LogP contribution is 2.23. The molecule has 1 fully saturated rings. The summed E-state index contributed by atoms with van der Waals surface area (Å²) in [6.45, 7) is 7.02. The summed E-state index contributed by atoms with van der Waals surface area (Å²) in [6, 6.07) is 7.47. The zero-order chi connectivity index (χ0) is 15.4. The van der Waals surface area contributed by atoms with Gasteiger partial charge in [-0.3, -0.25) is 9.59 Å². The number of hydrogen-bond donors (Lipinski definition) is 0. The molecule has 1 heterocycles. The van der Waals surface area contributed by atoms with E-state index in [0.29, 0.717) is 18.0 Å². The molecule has 1 unspecified atom stereocenters. The second-order valence-electron chi connectivity index (χ2n) is 6.47. The average Bonchev–Trinajstić information content (AvgIpc) is 2.46. The Bertz CT molecular complexity index is 504. The Morgan fingerprint density at radius 1 is 1.19 bits per heavy atom. The van der Waals surface area contributed by atoms with E-state index < -0.39 is 0 Å². The van der Waals surface area contributed by atoms with Gasteiger partial charge in [-0.1, -0.05) is 43.7 Å². The maximum atomic E-state index is 12.6. The lowest BCUT2D eigenvalue weighted by Gasteiger charge is -2.36. The van der Waals surface area contributed by atoms with E-state index >= 15 is 0 Å². The molecule has 0 N–H and O–H groups in total. The second-order valence-corrected chi connectivity index (χ2v) is 6.47. The van der Waals surface area contributed by atoms with Crippen LogP contribution in [0.2, 0.25) is 0 Å². The van der Waals surface area contributed by atoms with Crippen LogP contribution in [0.1, 0.15) is 55.5 Å². The normalized spacial score (nSPS) is 18.9. The fourth-order valence-corrected chi connectivity index (χ4v) is 3.02. The molecule has 114 valence electrons. The van der Waals surface area contributed by atoms with Crippen LogP contribution in [0.25, 0.3) is 0 Å². The van der Waals surface area contributed by atoms with Gasteiger partial charge in [-0.15, -0.1) is 0 Å². The maximum Gasteiger partial charge on any atom is 0.295 e. The number of likely N-dealkylation sites (tertiary alicyclic amines) is 1. The Hall–Kier alpha value is -1.64. The number of hydrogen-bond acceptors (Lipinski definition) is 2. The van der Waals surface area contributed by atoms with Gasteiger partial charge in [-0.25, -0.2) is 0 Å². The smallest absolute Gasteiger partial charge is 0.295 e. The second kappa shape index (κ2) is 6.88. The Morgan fingerprint density at radius 3 is 2.48 bits per heavy atom. The zero-order valence-electron chi connectivity index (χ0n) is 13.3. The third-order valence-electron chi connectivity index (χ3n) is 4.14. The molecule has 3 heteroatoms. The van der Waals surface area contributed by atoms with Crippen molar-refractivity contribution >= 4 is 11.7 Å². The summed E-state index contributed by atoms with van der Waals surface area (Å²) in [5.41, 5.74) is 1.59. The molecule has 1 saturated heterocycles. The van der Waals surface area contributed by atoms with Crippen molar-refractivity contribution in [3.8, 4) is 0 Å². The fourth-order valence-electron chi connectivity index (χ4n) is 3.02. The van der Waals surface area contributed by atoms with E-state index in [0.717, 1.165) is 31.2 Å². The monoisotopic (exact) mass is 287 g/mol. The molecule has 0 aromatic heterocycles. The molecule has 3 nitrogen and oxygen atoms in total. The summed E-state index contributed by atoms with van der Waals surface area (Å²) < 4.78 is 0. The molecule has 0 bridgehead atoms. The number of carbonyl (C=O) groups excluding carboxylic acids is 2. The highest BCUT2D eigenvalue weighted by molar-refractivity contribution is 6.42. The first-order chi connectivity index (χ1) is 9.99. The largest absolute Gasteiger partial charge is 0.333 e. The van der Waals surface area contributed by atoms with Crippen LogP contribution in [-0.2, 0) is 4.79 Å². The minimum atomic E-state index is -0.370. The molecule has 1 aliphatic heterocycles. The highest BCUT2D eigenvalue weighted by atomic mass is 16.2. The van der Waals surface area contributed by atoms with Crippen molar-refractivity contribution in [3.63, 3.8) is 0 Å². The van der Waals surface area contributed by atoms with Gasteiger partial charge in [0.15, 0.2) is 0 Å². The molecule has 1 atom stereocenters.